The van der Waals surface area contributed by atoms with Crippen molar-refractivity contribution in [2.75, 3.05) is 12.4 Å². The molecule has 1 rings (SSSR count). The van der Waals surface area contributed by atoms with Crippen LogP contribution in [0.5, 0.6) is 0 Å². The number of hydrogen-bond donors (Lipinski definition) is 2. The van der Waals surface area contributed by atoms with Crippen LogP contribution in [-0.2, 0) is 11.0 Å². The molecule has 1 amide bonds. The maximum atomic E-state index is 12.4. The number of likely N-dealkylation sites (N-methyl/N-ethyl adjacent to an activating group) is 1. The van der Waals surface area contributed by atoms with Gasteiger partial charge in [0, 0.05) is 7.05 Å². The predicted molar refractivity (Wildman–Crippen MR) is 63.6 cm³/mol. The molecule has 0 saturated carbocycles. The summed E-state index contributed by atoms with van der Waals surface area (Å²) in [6.07, 6.45) is -4.44. The molecule has 1 unspecified atom stereocenters. The van der Waals surface area contributed by atoms with Crippen molar-refractivity contribution in [1.82, 2.24) is 5.32 Å². The van der Waals surface area contributed by atoms with Crippen molar-refractivity contribution in [2.45, 2.75) is 19.1 Å². The number of benzene rings is 1. The Kier molecular flexibility index (Phi) is 4.45. The number of carbonyl (C=O) groups excluding carboxylic acids is 1. The van der Waals surface area contributed by atoms with Crippen LogP contribution in [-0.4, -0.2) is 19.0 Å². The van der Waals surface area contributed by atoms with Crippen LogP contribution in [0.15, 0.2) is 18.2 Å². The predicted octanol–water partition coefficient (Wildman–Crippen LogP) is 2.91. The lowest BCUT2D eigenvalue weighted by atomic mass is 10.2. The first-order chi connectivity index (χ1) is 8.25. The van der Waals surface area contributed by atoms with Crippen LogP contribution >= 0.6 is 11.6 Å². The van der Waals surface area contributed by atoms with Crippen LogP contribution in [0, 0.1) is 0 Å². The standard InChI is InChI=1S/C11H12ClF3N2O/c1-6(10(18)16-2)17-9-4-3-7(5-8(9)12)11(13,14)15/h3-6,17H,1-2H3,(H,16,18). The van der Waals surface area contributed by atoms with Gasteiger partial charge in [0.2, 0.25) is 5.91 Å². The van der Waals surface area contributed by atoms with E-state index in [4.69, 9.17) is 11.6 Å². The van der Waals surface area contributed by atoms with E-state index in [9.17, 15) is 18.0 Å². The number of alkyl halides is 3. The highest BCUT2D eigenvalue weighted by Gasteiger charge is 2.31. The highest BCUT2D eigenvalue weighted by molar-refractivity contribution is 6.33. The molecular formula is C11H12ClF3N2O. The van der Waals surface area contributed by atoms with Gasteiger partial charge in [-0.25, -0.2) is 0 Å². The molecule has 1 atom stereocenters. The zero-order chi connectivity index (χ0) is 13.9. The molecule has 0 aliphatic carbocycles. The molecule has 0 heterocycles. The van der Waals surface area contributed by atoms with Crippen LogP contribution in [0.2, 0.25) is 5.02 Å². The Balaban J connectivity index is 2.90. The van der Waals surface area contributed by atoms with Gasteiger partial charge in [0.15, 0.2) is 0 Å². The Morgan fingerprint density at radius 1 is 1.39 bits per heavy atom. The van der Waals surface area contributed by atoms with Gasteiger partial charge in [-0.1, -0.05) is 11.6 Å². The van der Waals surface area contributed by atoms with Gasteiger partial charge in [-0.3, -0.25) is 4.79 Å². The second-order valence-corrected chi connectivity index (χ2v) is 4.08. The van der Waals surface area contributed by atoms with Gasteiger partial charge >= 0.3 is 6.18 Å². The van der Waals surface area contributed by atoms with Gasteiger partial charge in [-0.05, 0) is 25.1 Å². The summed E-state index contributed by atoms with van der Waals surface area (Å²) < 4.78 is 37.2. The number of rotatable bonds is 3. The van der Waals surface area contributed by atoms with Crippen LogP contribution in [0.1, 0.15) is 12.5 Å². The fraction of sp³-hybridized carbons (Fsp3) is 0.364. The normalized spacial score (nSPS) is 13.0. The summed E-state index contributed by atoms with van der Waals surface area (Å²) in [5, 5.41) is 5.06. The van der Waals surface area contributed by atoms with Gasteiger partial charge in [0.25, 0.3) is 0 Å². The summed E-state index contributed by atoms with van der Waals surface area (Å²) in [6, 6.07) is 2.33. The van der Waals surface area contributed by atoms with Gasteiger partial charge in [0.1, 0.15) is 6.04 Å². The van der Waals surface area contributed by atoms with E-state index in [1.165, 1.54) is 13.1 Å². The lowest BCUT2D eigenvalue weighted by Gasteiger charge is -2.16. The monoisotopic (exact) mass is 280 g/mol. The molecule has 0 aliphatic heterocycles. The first-order valence-corrected chi connectivity index (χ1v) is 5.48. The first kappa shape index (κ1) is 14.6. The van der Waals surface area contributed by atoms with Crippen molar-refractivity contribution in [2.24, 2.45) is 0 Å². The molecule has 0 fully saturated rings. The van der Waals surface area contributed by atoms with Crippen molar-refractivity contribution >= 4 is 23.2 Å². The first-order valence-electron chi connectivity index (χ1n) is 5.10. The van der Waals surface area contributed by atoms with E-state index in [1.807, 2.05) is 0 Å². The van der Waals surface area contributed by atoms with E-state index >= 15 is 0 Å². The zero-order valence-electron chi connectivity index (χ0n) is 9.73. The third-order valence-corrected chi connectivity index (χ3v) is 2.62. The van der Waals surface area contributed by atoms with Crippen molar-refractivity contribution < 1.29 is 18.0 Å². The minimum Gasteiger partial charge on any atom is -0.373 e. The minimum absolute atomic E-state index is 0.0828. The van der Waals surface area contributed by atoms with Crippen molar-refractivity contribution in [3.8, 4) is 0 Å². The number of carbonyl (C=O) groups is 1. The van der Waals surface area contributed by atoms with Gasteiger partial charge in [0.05, 0.1) is 16.3 Å². The summed E-state index contributed by atoms with van der Waals surface area (Å²) in [7, 11) is 1.47. The Labute approximate surface area is 107 Å². The lowest BCUT2D eigenvalue weighted by Crippen LogP contribution is -2.35. The molecule has 1 aromatic carbocycles. The fourth-order valence-corrected chi connectivity index (χ4v) is 1.56. The number of nitrogens with one attached hydrogen (secondary N) is 2. The highest BCUT2D eigenvalue weighted by Crippen LogP contribution is 2.33. The summed E-state index contributed by atoms with van der Waals surface area (Å²) in [5.41, 5.74) is -0.550. The molecule has 1 aromatic rings. The summed E-state index contributed by atoms with van der Waals surface area (Å²) in [4.78, 5) is 11.3. The largest absolute Gasteiger partial charge is 0.416 e. The Bertz CT molecular complexity index is 448. The Morgan fingerprint density at radius 2 is 2.00 bits per heavy atom. The second-order valence-electron chi connectivity index (χ2n) is 3.67. The van der Waals surface area contributed by atoms with E-state index in [1.54, 1.807) is 6.92 Å². The van der Waals surface area contributed by atoms with Crippen LogP contribution < -0.4 is 10.6 Å². The van der Waals surface area contributed by atoms with E-state index in [0.29, 0.717) is 0 Å². The van der Waals surface area contributed by atoms with E-state index in [-0.39, 0.29) is 16.6 Å². The Morgan fingerprint density at radius 3 is 2.44 bits per heavy atom. The quantitative estimate of drug-likeness (QED) is 0.894. The second kappa shape index (κ2) is 5.48. The average Bonchev–Trinajstić information content (AvgIpc) is 2.29. The van der Waals surface area contributed by atoms with Crippen LogP contribution in [0.4, 0.5) is 18.9 Å². The van der Waals surface area contributed by atoms with Crippen molar-refractivity contribution in [1.29, 1.82) is 0 Å². The van der Waals surface area contributed by atoms with Crippen LogP contribution in [0.3, 0.4) is 0 Å². The van der Waals surface area contributed by atoms with E-state index in [0.717, 1.165) is 12.1 Å². The van der Waals surface area contributed by atoms with E-state index in [2.05, 4.69) is 10.6 Å². The maximum absolute atomic E-state index is 12.4. The highest BCUT2D eigenvalue weighted by atomic mass is 35.5. The van der Waals surface area contributed by atoms with Gasteiger partial charge in [-0.15, -0.1) is 0 Å². The maximum Gasteiger partial charge on any atom is 0.416 e. The molecule has 0 aromatic heterocycles. The molecule has 0 spiro atoms. The molecule has 18 heavy (non-hydrogen) atoms. The zero-order valence-corrected chi connectivity index (χ0v) is 10.5. The third kappa shape index (κ3) is 3.53. The molecule has 0 bridgehead atoms. The van der Waals surface area contributed by atoms with Gasteiger partial charge in [-0.2, -0.15) is 13.2 Å². The number of hydrogen-bond acceptors (Lipinski definition) is 2. The van der Waals surface area contributed by atoms with E-state index < -0.39 is 17.8 Å². The molecule has 7 heteroatoms. The lowest BCUT2D eigenvalue weighted by molar-refractivity contribution is -0.137. The smallest absolute Gasteiger partial charge is 0.373 e. The average molecular weight is 281 g/mol. The summed E-state index contributed by atoms with van der Waals surface area (Å²) in [5.74, 6) is -0.286. The van der Waals surface area contributed by atoms with Crippen molar-refractivity contribution in [3.63, 3.8) is 0 Å². The molecule has 0 aliphatic rings. The molecule has 100 valence electrons. The SMILES string of the molecule is CNC(=O)C(C)Nc1ccc(C(F)(F)F)cc1Cl. The summed E-state index contributed by atoms with van der Waals surface area (Å²) >= 11 is 5.73. The molecule has 2 N–H and O–H groups in total. The molecule has 0 radical (unpaired) electrons. The fourth-order valence-electron chi connectivity index (χ4n) is 1.32. The molecule has 0 saturated heterocycles. The number of halogens is 4. The third-order valence-electron chi connectivity index (χ3n) is 2.31. The number of anilines is 1. The topological polar surface area (TPSA) is 41.1 Å². The van der Waals surface area contributed by atoms with Crippen LogP contribution in [0.25, 0.3) is 0 Å². The Hall–Kier alpha value is -1.43. The summed E-state index contributed by atoms with van der Waals surface area (Å²) in [6.45, 7) is 1.58. The van der Waals surface area contributed by atoms with Gasteiger partial charge < -0.3 is 10.6 Å². The molecular weight excluding hydrogens is 269 g/mol. The van der Waals surface area contributed by atoms with Crippen molar-refractivity contribution in [3.05, 3.63) is 28.8 Å². The molecule has 3 nitrogen and oxygen atoms in total. The minimum atomic E-state index is -4.44. The number of amides is 1.